The van der Waals surface area contributed by atoms with E-state index in [4.69, 9.17) is 20.7 Å². The maximum Gasteiger partial charge on any atom is 0.181 e. The van der Waals surface area contributed by atoms with Crippen molar-refractivity contribution >= 4 is 17.0 Å². The number of anilines is 1. The predicted molar refractivity (Wildman–Crippen MR) is 63.9 cm³/mol. The van der Waals surface area contributed by atoms with Crippen molar-refractivity contribution in [1.29, 1.82) is 0 Å². The Balaban J connectivity index is 2.02. The number of aliphatic hydroxyl groups excluding tert-OH is 3. The quantitative estimate of drug-likeness (QED) is 0.370. The lowest BCUT2D eigenvalue weighted by Gasteiger charge is -2.16. The van der Waals surface area contributed by atoms with Crippen molar-refractivity contribution in [3.8, 4) is 0 Å². The Morgan fingerprint density at radius 3 is 2.60 bits per heavy atom. The minimum absolute atomic E-state index is 0.167. The summed E-state index contributed by atoms with van der Waals surface area (Å²) in [6, 6.07) is 0. The van der Waals surface area contributed by atoms with E-state index in [0.29, 0.717) is 11.2 Å². The molecule has 6 N–H and O–H groups in total. The first-order valence-electron chi connectivity index (χ1n) is 5.81. The molecule has 0 aromatic carbocycles. The van der Waals surface area contributed by atoms with Crippen LogP contribution in [0.2, 0.25) is 0 Å². The average molecular weight is 283 g/mol. The SMILES string of the molecule is Nc1ncnc2c1ncn2[C@@H]1O[C@H](C(O)O)[C@@H](O)[C@H]1O. The fraction of sp³-hybridized carbons (Fsp3) is 0.500. The number of imidazole rings is 1. The summed E-state index contributed by atoms with van der Waals surface area (Å²) in [5.41, 5.74) is 6.28. The van der Waals surface area contributed by atoms with E-state index in [1.807, 2.05) is 0 Å². The molecule has 3 heterocycles. The zero-order chi connectivity index (χ0) is 14.4. The van der Waals surface area contributed by atoms with Crippen molar-refractivity contribution in [3.63, 3.8) is 0 Å². The first-order chi connectivity index (χ1) is 9.50. The molecule has 0 unspecified atom stereocenters. The molecule has 0 radical (unpaired) electrons. The van der Waals surface area contributed by atoms with Crippen molar-refractivity contribution in [2.24, 2.45) is 0 Å². The molecule has 2 aromatic heterocycles. The molecule has 2 aromatic rings. The van der Waals surface area contributed by atoms with Crippen LogP contribution in [-0.2, 0) is 4.74 Å². The second kappa shape index (κ2) is 4.61. The van der Waals surface area contributed by atoms with E-state index in [0.717, 1.165) is 0 Å². The highest BCUT2D eigenvalue weighted by molar-refractivity contribution is 5.81. The highest BCUT2D eigenvalue weighted by atomic mass is 16.6. The Kier molecular flexibility index (Phi) is 3.03. The van der Waals surface area contributed by atoms with Crippen molar-refractivity contribution in [2.45, 2.75) is 30.8 Å². The summed E-state index contributed by atoms with van der Waals surface area (Å²) in [6.07, 6.45) is -4.57. The summed E-state index contributed by atoms with van der Waals surface area (Å²) in [7, 11) is 0. The molecule has 10 nitrogen and oxygen atoms in total. The summed E-state index contributed by atoms with van der Waals surface area (Å²) in [6.45, 7) is 0. The highest BCUT2D eigenvalue weighted by Gasteiger charge is 2.47. The lowest BCUT2D eigenvalue weighted by molar-refractivity contribution is -0.167. The van der Waals surface area contributed by atoms with Gasteiger partial charge in [-0.2, -0.15) is 0 Å². The maximum atomic E-state index is 9.96. The van der Waals surface area contributed by atoms with Gasteiger partial charge in [0.1, 0.15) is 30.2 Å². The average Bonchev–Trinajstić information content (AvgIpc) is 2.94. The molecule has 1 fully saturated rings. The normalized spacial score (nSPS) is 30.4. The number of nitrogen functional groups attached to an aromatic ring is 1. The first kappa shape index (κ1) is 13.1. The van der Waals surface area contributed by atoms with Crippen LogP contribution < -0.4 is 5.73 Å². The number of aromatic nitrogens is 4. The number of ether oxygens (including phenoxy) is 1. The van der Waals surface area contributed by atoms with Crippen LogP contribution in [0.4, 0.5) is 5.82 Å². The Morgan fingerprint density at radius 2 is 1.95 bits per heavy atom. The van der Waals surface area contributed by atoms with E-state index in [2.05, 4.69) is 15.0 Å². The summed E-state index contributed by atoms with van der Waals surface area (Å²) < 4.78 is 6.61. The Bertz CT molecular complexity index is 632. The van der Waals surface area contributed by atoms with E-state index in [9.17, 15) is 10.2 Å². The number of fused-ring (bicyclic) bond motifs is 1. The van der Waals surface area contributed by atoms with Gasteiger partial charge in [0.2, 0.25) is 0 Å². The number of hydrogen-bond donors (Lipinski definition) is 5. The lowest BCUT2D eigenvalue weighted by Crippen LogP contribution is -2.38. The minimum atomic E-state index is -1.92. The van der Waals surface area contributed by atoms with Crippen LogP contribution in [0.1, 0.15) is 6.23 Å². The van der Waals surface area contributed by atoms with Crippen molar-refractivity contribution in [2.75, 3.05) is 5.73 Å². The van der Waals surface area contributed by atoms with Gasteiger partial charge in [0.15, 0.2) is 24.0 Å². The van der Waals surface area contributed by atoms with Crippen molar-refractivity contribution < 1.29 is 25.2 Å². The molecular weight excluding hydrogens is 270 g/mol. The van der Waals surface area contributed by atoms with Crippen LogP contribution in [0, 0.1) is 0 Å². The number of aliphatic hydroxyl groups is 4. The molecule has 1 aliphatic heterocycles. The molecule has 3 rings (SSSR count). The Labute approximate surface area is 112 Å². The molecule has 4 atom stereocenters. The number of nitrogens with zero attached hydrogens (tertiary/aromatic N) is 4. The molecule has 1 aliphatic rings. The third-order valence-electron chi connectivity index (χ3n) is 3.23. The van der Waals surface area contributed by atoms with Crippen LogP contribution in [0.5, 0.6) is 0 Å². The van der Waals surface area contributed by atoms with Crippen LogP contribution in [0.3, 0.4) is 0 Å². The topological polar surface area (TPSA) is 160 Å². The third-order valence-corrected chi connectivity index (χ3v) is 3.23. The van der Waals surface area contributed by atoms with Gasteiger partial charge in [0.25, 0.3) is 0 Å². The highest BCUT2D eigenvalue weighted by Crippen LogP contribution is 2.32. The minimum Gasteiger partial charge on any atom is -0.387 e. The van der Waals surface area contributed by atoms with Gasteiger partial charge in [-0.25, -0.2) is 15.0 Å². The molecule has 20 heavy (non-hydrogen) atoms. The van der Waals surface area contributed by atoms with Gasteiger partial charge in [-0.15, -0.1) is 0 Å². The van der Waals surface area contributed by atoms with E-state index >= 15 is 0 Å². The van der Waals surface area contributed by atoms with Gasteiger partial charge in [0, 0.05) is 0 Å². The van der Waals surface area contributed by atoms with Gasteiger partial charge in [-0.1, -0.05) is 0 Å². The fourth-order valence-corrected chi connectivity index (χ4v) is 2.22. The van der Waals surface area contributed by atoms with Crippen molar-refractivity contribution in [1.82, 2.24) is 19.5 Å². The van der Waals surface area contributed by atoms with Gasteiger partial charge in [-0.3, -0.25) is 4.57 Å². The molecule has 108 valence electrons. The van der Waals surface area contributed by atoms with Gasteiger partial charge in [0.05, 0.1) is 6.33 Å². The molecule has 0 amide bonds. The van der Waals surface area contributed by atoms with Gasteiger partial charge < -0.3 is 30.9 Å². The van der Waals surface area contributed by atoms with E-state index in [-0.39, 0.29) is 5.82 Å². The van der Waals surface area contributed by atoms with E-state index in [1.54, 1.807) is 0 Å². The summed E-state index contributed by atoms with van der Waals surface area (Å²) in [4.78, 5) is 11.8. The number of nitrogens with two attached hydrogens (primary N) is 1. The molecule has 10 heteroatoms. The zero-order valence-electron chi connectivity index (χ0n) is 10.1. The standard InChI is InChI=1S/C10H13N5O5/c11-7-3-8(13-1-12-7)15(2-14-3)9-5(17)4(16)6(20-9)10(18)19/h1-2,4-6,9-10,16-19H,(H2,11,12,13)/t4-,5+,6-,9+/m0/s1. The number of rotatable bonds is 2. The monoisotopic (exact) mass is 283 g/mol. The smallest absolute Gasteiger partial charge is 0.181 e. The number of hydrogen-bond acceptors (Lipinski definition) is 9. The molecule has 1 saturated heterocycles. The summed E-state index contributed by atoms with van der Waals surface area (Å²) in [5.74, 6) is 0.167. The lowest BCUT2D eigenvalue weighted by atomic mass is 10.1. The van der Waals surface area contributed by atoms with E-state index < -0.39 is 30.8 Å². The van der Waals surface area contributed by atoms with Gasteiger partial charge in [-0.05, 0) is 0 Å². The molecule has 0 bridgehead atoms. The summed E-state index contributed by atoms with van der Waals surface area (Å²) >= 11 is 0. The second-order valence-electron chi connectivity index (χ2n) is 4.47. The van der Waals surface area contributed by atoms with Crippen LogP contribution in [0.15, 0.2) is 12.7 Å². The van der Waals surface area contributed by atoms with E-state index in [1.165, 1.54) is 17.2 Å². The third kappa shape index (κ3) is 1.82. The van der Waals surface area contributed by atoms with Crippen molar-refractivity contribution in [3.05, 3.63) is 12.7 Å². The molecule has 0 aliphatic carbocycles. The second-order valence-corrected chi connectivity index (χ2v) is 4.47. The largest absolute Gasteiger partial charge is 0.387 e. The maximum absolute atomic E-state index is 9.96. The molecule has 0 spiro atoms. The predicted octanol–water partition coefficient (Wildman–Crippen LogP) is -2.66. The Hall–Kier alpha value is -1.85. The van der Waals surface area contributed by atoms with Gasteiger partial charge >= 0.3 is 0 Å². The molecule has 0 saturated carbocycles. The fourth-order valence-electron chi connectivity index (χ4n) is 2.22. The van der Waals surface area contributed by atoms with Crippen LogP contribution in [-0.4, -0.2) is 64.5 Å². The zero-order valence-corrected chi connectivity index (χ0v) is 10.1. The molecular formula is C10H13N5O5. The first-order valence-corrected chi connectivity index (χ1v) is 5.81. The Morgan fingerprint density at radius 1 is 1.20 bits per heavy atom. The van der Waals surface area contributed by atoms with Crippen LogP contribution in [0.25, 0.3) is 11.2 Å². The summed E-state index contributed by atoms with van der Waals surface area (Å²) in [5, 5.41) is 37.9. The van der Waals surface area contributed by atoms with Crippen LogP contribution >= 0.6 is 0 Å².